The molecule has 65 heavy (non-hydrogen) atoms. The van der Waals surface area contributed by atoms with Gasteiger partial charge in [0, 0.05) is 72.4 Å². The van der Waals surface area contributed by atoms with Crippen LogP contribution in [0.15, 0.2) is 114 Å². The van der Waals surface area contributed by atoms with E-state index in [-0.39, 0.29) is 49.3 Å². The number of thioether (sulfide) groups is 1. The second-order valence-electron chi connectivity index (χ2n) is 16.2. The number of esters is 1. The minimum atomic E-state index is -4.50. The quantitative estimate of drug-likeness (QED) is 0.0446. The standard InChI is InChI=1S/C50H56F3N5O6S/c1-7-58(8-2)40-18-19-43(42(31-40)44-30-38(20-22-54-44)47(61)55-32-35-13-10-16-39(27-35)50(51,52)53)56-48(62)37-15-9-14-36(26-37)33-65-41-17-11-12-34(28-41)29-45(59)57(6)23-25-63-24-21-46(60)64-49(3,4)5/h9-20,22,26-28,30-31H,7-8,21,23-25,29,32-33H2,1-6H3,(H,55,61)(H,56,62). The van der Waals surface area contributed by atoms with Crippen LogP contribution in [0.25, 0.3) is 11.3 Å². The molecule has 0 aliphatic carbocycles. The van der Waals surface area contributed by atoms with E-state index in [0.29, 0.717) is 47.0 Å². The van der Waals surface area contributed by atoms with Crippen molar-refractivity contribution in [1.82, 2.24) is 15.2 Å². The molecule has 0 aliphatic heterocycles. The third kappa shape index (κ3) is 15.5. The number of halogens is 3. The number of carbonyl (C=O) groups excluding carboxylic acids is 4. The Kier molecular flexibility index (Phi) is 17.7. The third-order valence-electron chi connectivity index (χ3n) is 10.1. The smallest absolute Gasteiger partial charge is 0.416 e. The number of anilines is 2. The number of hydrogen-bond donors (Lipinski definition) is 2. The topological polar surface area (TPSA) is 130 Å². The number of ether oxygens (including phenoxy) is 2. The van der Waals surface area contributed by atoms with Gasteiger partial charge in [0.1, 0.15) is 5.60 Å². The Balaban J connectivity index is 1.21. The monoisotopic (exact) mass is 911 g/mol. The number of benzene rings is 4. The van der Waals surface area contributed by atoms with Crippen molar-refractivity contribution in [2.75, 3.05) is 50.1 Å². The molecule has 0 spiro atoms. The van der Waals surface area contributed by atoms with Crippen LogP contribution < -0.4 is 15.5 Å². The lowest BCUT2D eigenvalue weighted by molar-refractivity contribution is -0.156. The van der Waals surface area contributed by atoms with Gasteiger partial charge in [0.05, 0.1) is 43.0 Å². The third-order valence-corrected chi connectivity index (χ3v) is 11.2. The molecule has 0 aliphatic rings. The number of pyridine rings is 1. The van der Waals surface area contributed by atoms with Crippen LogP contribution >= 0.6 is 11.8 Å². The minimum Gasteiger partial charge on any atom is -0.460 e. The molecular weight excluding hydrogens is 856 g/mol. The van der Waals surface area contributed by atoms with Crippen LogP contribution in [0.4, 0.5) is 24.5 Å². The van der Waals surface area contributed by atoms with Gasteiger partial charge < -0.3 is 29.9 Å². The SMILES string of the molecule is CCN(CC)c1ccc(NC(=O)c2cccc(CSc3cccc(CC(=O)N(C)CCOCCC(=O)OC(C)(C)C)c3)c2)c(-c2cc(C(=O)NCc3cccc(C(F)(F)F)c3)ccn2)c1. The first-order valence-corrected chi connectivity index (χ1v) is 22.4. The Morgan fingerprint density at radius 1 is 0.769 bits per heavy atom. The van der Waals surface area contributed by atoms with Crippen LogP contribution in [-0.4, -0.2) is 79.1 Å². The number of rotatable bonds is 20. The van der Waals surface area contributed by atoms with Crippen molar-refractivity contribution in [3.05, 3.63) is 143 Å². The van der Waals surface area contributed by atoms with Gasteiger partial charge in [-0.1, -0.05) is 36.4 Å². The number of alkyl halides is 3. The first kappa shape index (κ1) is 49.8. The Morgan fingerprint density at radius 3 is 2.22 bits per heavy atom. The summed E-state index contributed by atoms with van der Waals surface area (Å²) < 4.78 is 50.6. The highest BCUT2D eigenvalue weighted by Crippen LogP contribution is 2.33. The van der Waals surface area contributed by atoms with E-state index in [1.54, 1.807) is 41.9 Å². The van der Waals surface area contributed by atoms with E-state index >= 15 is 0 Å². The van der Waals surface area contributed by atoms with Crippen LogP contribution in [0.3, 0.4) is 0 Å². The van der Waals surface area contributed by atoms with Gasteiger partial charge >= 0.3 is 12.1 Å². The molecule has 11 nitrogen and oxygen atoms in total. The van der Waals surface area contributed by atoms with Crippen molar-refractivity contribution in [3.63, 3.8) is 0 Å². The van der Waals surface area contributed by atoms with Gasteiger partial charge in [0.2, 0.25) is 5.91 Å². The van der Waals surface area contributed by atoms with Gasteiger partial charge in [-0.25, -0.2) is 0 Å². The normalized spacial score (nSPS) is 11.5. The van der Waals surface area contributed by atoms with Crippen LogP contribution in [0.1, 0.15) is 84.0 Å². The second kappa shape index (κ2) is 23.1. The average Bonchev–Trinajstić information content (AvgIpc) is 3.27. The summed E-state index contributed by atoms with van der Waals surface area (Å²) in [5.41, 5.74) is 3.79. The number of nitrogens with one attached hydrogen (secondary N) is 2. The van der Waals surface area contributed by atoms with Gasteiger partial charge in [-0.15, -0.1) is 11.8 Å². The van der Waals surface area contributed by atoms with E-state index in [9.17, 15) is 32.3 Å². The fraction of sp³-hybridized carbons (Fsp3) is 0.340. The Morgan fingerprint density at radius 2 is 1.48 bits per heavy atom. The molecule has 2 N–H and O–H groups in total. The molecule has 1 aromatic heterocycles. The fourth-order valence-electron chi connectivity index (χ4n) is 6.69. The molecule has 5 aromatic rings. The maximum Gasteiger partial charge on any atom is 0.416 e. The van der Waals surface area contributed by atoms with Crippen LogP contribution in [0.5, 0.6) is 0 Å². The number of hydrogen-bond acceptors (Lipinski definition) is 9. The van der Waals surface area contributed by atoms with Gasteiger partial charge in [-0.3, -0.25) is 24.2 Å². The van der Waals surface area contributed by atoms with Crippen molar-refractivity contribution in [3.8, 4) is 11.3 Å². The number of carbonyl (C=O) groups is 4. The Bertz CT molecular complexity index is 2440. The van der Waals surface area contributed by atoms with E-state index in [2.05, 4.69) is 20.5 Å². The summed E-state index contributed by atoms with van der Waals surface area (Å²) in [4.78, 5) is 61.3. The molecule has 1 heterocycles. The Labute approximate surface area is 383 Å². The molecule has 15 heteroatoms. The summed E-state index contributed by atoms with van der Waals surface area (Å²) in [6, 6.07) is 28.7. The largest absolute Gasteiger partial charge is 0.460 e. The first-order chi connectivity index (χ1) is 30.9. The lowest BCUT2D eigenvalue weighted by atomic mass is 10.0. The maximum atomic E-state index is 13.9. The molecule has 0 fully saturated rings. The predicted octanol–water partition coefficient (Wildman–Crippen LogP) is 9.84. The minimum absolute atomic E-state index is 0.0612. The average molecular weight is 912 g/mol. The summed E-state index contributed by atoms with van der Waals surface area (Å²) >= 11 is 1.58. The van der Waals surface area contributed by atoms with Gasteiger partial charge in [0.25, 0.3) is 11.8 Å². The molecule has 344 valence electrons. The summed E-state index contributed by atoms with van der Waals surface area (Å²) in [5.74, 6) is -0.664. The maximum absolute atomic E-state index is 13.9. The first-order valence-electron chi connectivity index (χ1n) is 21.4. The molecule has 5 rings (SSSR count). The zero-order valence-electron chi connectivity index (χ0n) is 37.6. The molecule has 0 saturated carbocycles. The number of likely N-dealkylation sites (N-methyl/N-ethyl adjacent to an activating group) is 1. The Hall–Kier alpha value is -6.19. The molecule has 0 saturated heterocycles. The van der Waals surface area contributed by atoms with E-state index in [4.69, 9.17) is 9.47 Å². The van der Waals surface area contributed by atoms with Crippen molar-refractivity contribution in [2.24, 2.45) is 0 Å². The summed E-state index contributed by atoms with van der Waals surface area (Å²) in [6.45, 7) is 11.8. The van der Waals surface area contributed by atoms with Gasteiger partial charge in [-0.05, 0) is 118 Å². The van der Waals surface area contributed by atoms with Crippen LogP contribution in [-0.2, 0) is 44.0 Å². The molecule has 0 radical (unpaired) electrons. The molecule has 3 amide bonds. The zero-order valence-corrected chi connectivity index (χ0v) is 38.4. The van der Waals surface area contributed by atoms with Crippen molar-refractivity contribution in [1.29, 1.82) is 0 Å². The van der Waals surface area contributed by atoms with Gasteiger partial charge in [-0.2, -0.15) is 13.2 Å². The number of amides is 3. The lowest BCUT2D eigenvalue weighted by Gasteiger charge is -2.23. The highest BCUT2D eigenvalue weighted by atomic mass is 32.2. The summed E-state index contributed by atoms with van der Waals surface area (Å²) in [6.07, 6.45) is -2.66. The fourth-order valence-corrected chi connectivity index (χ4v) is 7.62. The second-order valence-corrected chi connectivity index (χ2v) is 17.3. The molecular formula is C50H56F3N5O6S. The van der Waals surface area contributed by atoms with Crippen LogP contribution in [0, 0.1) is 0 Å². The van der Waals surface area contributed by atoms with E-state index in [1.807, 2.05) is 89.2 Å². The molecule has 4 aromatic carbocycles. The number of nitrogens with zero attached hydrogens (tertiary/aromatic N) is 3. The zero-order chi connectivity index (χ0) is 47.1. The van der Waals surface area contributed by atoms with E-state index in [1.165, 1.54) is 24.4 Å². The lowest BCUT2D eigenvalue weighted by Crippen LogP contribution is -2.31. The molecule has 0 bridgehead atoms. The van der Waals surface area contributed by atoms with Crippen molar-refractivity contribution < 1.29 is 41.8 Å². The van der Waals surface area contributed by atoms with E-state index < -0.39 is 23.2 Å². The number of aromatic nitrogens is 1. The predicted molar refractivity (Wildman–Crippen MR) is 249 cm³/mol. The highest BCUT2D eigenvalue weighted by Gasteiger charge is 2.30. The van der Waals surface area contributed by atoms with E-state index in [0.717, 1.165) is 46.9 Å². The summed E-state index contributed by atoms with van der Waals surface area (Å²) in [5, 5.41) is 5.75. The van der Waals surface area contributed by atoms with Crippen molar-refractivity contribution >= 4 is 46.8 Å². The molecule has 0 unspecified atom stereocenters. The highest BCUT2D eigenvalue weighted by molar-refractivity contribution is 7.98. The molecule has 0 atom stereocenters. The van der Waals surface area contributed by atoms with Crippen molar-refractivity contribution in [2.45, 2.75) is 76.4 Å². The van der Waals surface area contributed by atoms with Crippen LogP contribution in [0.2, 0.25) is 0 Å². The summed E-state index contributed by atoms with van der Waals surface area (Å²) in [7, 11) is 1.72. The van der Waals surface area contributed by atoms with Gasteiger partial charge in [0.15, 0.2) is 0 Å².